The summed E-state index contributed by atoms with van der Waals surface area (Å²) in [6.07, 6.45) is 1.19. The van der Waals surface area contributed by atoms with Crippen molar-refractivity contribution in [3.8, 4) is 5.75 Å². The molecule has 0 spiro atoms. The molecule has 0 saturated heterocycles. The van der Waals surface area contributed by atoms with Crippen LogP contribution in [0.15, 0.2) is 36.7 Å². The average molecular weight is 398 g/mol. The number of hydrogen-bond acceptors (Lipinski definition) is 6. The van der Waals surface area contributed by atoms with E-state index >= 15 is 0 Å². The van der Waals surface area contributed by atoms with Crippen molar-refractivity contribution in [2.45, 2.75) is 43.7 Å². The Hall–Kier alpha value is -2.68. The molecule has 2 aromatic heterocycles. The summed E-state index contributed by atoms with van der Waals surface area (Å²) in [4.78, 5) is 4.23. The molecular formula is C21H23FN4O3. The predicted octanol–water partition coefficient (Wildman–Crippen LogP) is 1.52. The van der Waals surface area contributed by atoms with E-state index in [1.807, 2.05) is 12.1 Å². The molecular weight excluding hydrogens is 375 g/mol. The van der Waals surface area contributed by atoms with Crippen LogP contribution in [0.3, 0.4) is 0 Å². The van der Waals surface area contributed by atoms with E-state index in [4.69, 9.17) is 10.5 Å². The molecule has 2 aliphatic rings. The van der Waals surface area contributed by atoms with E-state index in [2.05, 4.69) is 16.4 Å². The Morgan fingerprint density at radius 3 is 2.97 bits per heavy atom. The Labute approximate surface area is 166 Å². The summed E-state index contributed by atoms with van der Waals surface area (Å²) in [5.41, 5.74) is 8.83. The Kier molecular flexibility index (Phi) is 4.42. The third-order valence-corrected chi connectivity index (χ3v) is 6.04. The number of anilines is 1. The van der Waals surface area contributed by atoms with Gasteiger partial charge in [0.2, 0.25) is 0 Å². The Bertz CT molecular complexity index is 1070. The first-order valence-corrected chi connectivity index (χ1v) is 9.79. The molecule has 5 N–H and O–H groups in total. The van der Waals surface area contributed by atoms with Crippen molar-refractivity contribution in [1.82, 2.24) is 14.9 Å². The SMILES string of the molecule is Nc1ccnc2c1c(F)cn2C1CC(Oc2cccc3c2CNCC3)[C@@H](O)[C@H]1O. The molecule has 0 amide bonds. The zero-order valence-electron chi connectivity index (χ0n) is 15.8. The fourth-order valence-electron chi connectivity index (χ4n) is 4.52. The minimum atomic E-state index is -1.11. The number of pyridine rings is 1. The summed E-state index contributed by atoms with van der Waals surface area (Å²) in [6.45, 7) is 1.63. The Balaban J connectivity index is 1.46. The second-order valence-corrected chi connectivity index (χ2v) is 7.74. The number of nitrogens with one attached hydrogen (secondary N) is 1. The minimum Gasteiger partial charge on any atom is -0.487 e. The molecule has 1 aromatic carbocycles. The Morgan fingerprint density at radius 1 is 1.24 bits per heavy atom. The van der Waals surface area contributed by atoms with Crippen LogP contribution in [-0.4, -0.2) is 44.6 Å². The fraction of sp³-hybridized carbons (Fsp3) is 0.381. The molecule has 1 aliphatic heterocycles. The summed E-state index contributed by atoms with van der Waals surface area (Å²) >= 11 is 0. The van der Waals surface area contributed by atoms with E-state index in [9.17, 15) is 14.6 Å². The number of fused-ring (bicyclic) bond motifs is 2. The van der Waals surface area contributed by atoms with Gasteiger partial charge in [-0.25, -0.2) is 9.37 Å². The highest BCUT2D eigenvalue weighted by Gasteiger charge is 2.45. The van der Waals surface area contributed by atoms with E-state index in [0.717, 1.165) is 18.5 Å². The molecule has 4 atom stereocenters. The van der Waals surface area contributed by atoms with E-state index in [1.54, 1.807) is 4.57 Å². The van der Waals surface area contributed by atoms with Crippen LogP contribution in [0.5, 0.6) is 5.75 Å². The van der Waals surface area contributed by atoms with Gasteiger partial charge in [0.15, 0.2) is 5.82 Å². The molecule has 1 fully saturated rings. The first-order valence-electron chi connectivity index (χ1n) is 9.79. The predicted molar refractivity (Wildman–Crippen MR) is 106 cm³/mol. The number of aliphatic hydroxyl groups excluding tert-OH is 2. The van der Waals surface area contributed by atoms with Gasteiger partial charge in [-0.15, -0.1) is 0 Å². The van der Waals surface area contributed by atoms with E-state index < -0.39 is 30.2 Å². The average Bonchev–Trinajstić information content (AvgIpc) is 3.20. The van der Waals surface area contributed by atoms with Gasteiger partial charge < -0.3 is 30.6 Å². The molecule has 2 unspecified atom stereocenters. The van der Waals surface area contributed by atoms with Gasteiger partial charge in [-0.2, -0.15) is 0 Å². The van der Waals surface area contributed by atoms with Crippen LogP contribution >= 0.6 is 0 Å². The number of nitrogens with two attached hydrogens (primary N) is 1. The third-order valence-electron chi connectivity index (χ3n) is 6.04. The summed E-state index contributed by atoms with van der Waals surface area (Å²) in [5.74, 6) is 0.206. The number of ether oxygens (including phenoxy) is 1. The standard InChI is InChI=1S/C21H23FN4O3/c22-13-10-26(21-18(13)14(23)5-7-25-21)15-8-17(20(28)19(15)27)29-16-3-1-2-11-4-6-24-9-12(11)16/h1-3,5,7,10,15,17,19-20,24,27-28H,4,6,8-9H2,(H2,23,25)/t15?,17?,19-,20+/m0/s1. The molecule has 152 valence electrons. The lowest BCUT2D eigenvalue weighted by atomic mass is 10.0. The third kappa shape index (κ3) is 2.95. The number of aliphatic hydroxyl groups is 2. The van der Waals surface area contributed by atoms with Crippen molar-refractivity contribution < 1.29 is 19.3 Å². The molecule has 1 aliphatic carbocycles. The van der Waals surface area contributed by atoms with E-state index in [1.165, 1.54) is 24.0 Å². The molecule has 29 heavy (non-hydrogen) atoms. The smallest absolute Gasteiger partial charge is 0.152 e. The van der Waals surface area contributed by atoms with Crippen LogP contribution in [-0.2, 0) is 13.0 Å². The number of rotatable bonds is 3. The highest BCUT2D eigenvalue weighted by Crippen LogP contribution is 2.38. The van der Waals surface area contributed by atoms with Crippen LogP contribution in [0.25, 0.3) is 11.0 Å². The molecule has 0 bridgehead atoms. The lowest BCUT2D eigenvalue weighted by Crippen LogP contribution is -2.34. The lowest BCUT2D eigenvalue weighted by Gasteiger charge is -2.24. The monoisotopic (exact) mass is 398 g/mol. The number of hydrogen-bond donors (Lipinski definition) is 4. The lowest BCUT2D eigenvalue weighted by molar-refractivity contribution is -0.0166. The van der Waals surface area contributed by atoms with E-state index in [-0.39, 0.29) is 11.1 Å². The highest BCUT2D eigenvalue weighted by atomic mass is 19.1. The summed E-state index contributed by atoms with van der Waals surface area (Å²) in [7, 11) is 0. The number of aromatic nitrogens is 2. The van der Waals surface area contributed by atoms with Crippen LogP contribution < -0.4 is 15.8 Å². The maximum atomic E-state index is 14.5. The zero-order valence-corrected chi connectivity index (χ0v) is 15.8. The maximum Gasteiger partial charge on any atom is 0.152 e. The molecule has 3 aromatic rings. The van der Waals surface area contributed by atoms with Gasteiger partial charge in [-0.1, -0.05) is 12.1 Å². The number of halogens is 1. The Morgan fingerprint density at radius 2 is 2.10 bits per heavy atom. The van der Waals surface area contributed by atoms with Crippen molar-refractivity contribution in [2.75, 3.05) is 12.3 Å². The van der Waals surface area contributed by atoms with Gasteiger partial charge in [-0.3, -0.25) is 0 Å². The number of benzene rings is 1. The highest BCUT2D eigenvalue weighted by molar-refractivity contribution is 5.89. The van der Waals surface area contributed by atoms with Crippen LogP contribution in [0.4, 0.5) is 10.1 Å². The first-order chi connectivity index (χ1) is 14.0. The van der Waals surface area contributed by atoms with Crippen molar-refractivity contribution in [1.29, 1.82) is 0 Å². The summed E-state index contributed by atoms with van der Waals surface area (Å²) < 4.78 is 22.2. The summed E-state index contributed by atoms with van der Waals surface area (Å²) in [5, 5.41) is 24.9. The quantitative estimate of drug-likeness (QED) is 0.533. The minimum absolute atomic E-state index is 0.224. The topological polar surface area (TPSA) is 106 Å². The van der Waals surface area contributed by atoms with Gasteiger partial charge in [0.25, 0.3) is 0 Å². The normalized spacial score (nSPS) is 26.6. The van der Waals surface area contributed by atoms with Crippen LogP contribution in [0, 0.1) is 5.82 Å². The molecule has 8 heteroatoms. The van der Waals surface area contributed by atoms with Crippen molar-refractivity contribution >= 4 is 16.7 Å². The molecule has 3 heterocycles. The molecule has 7 nitrogen and oxygen atoms in total. The first kappa shape index (κ1) is 18.4. The van der Waals surface area contributed by atoms with Crippen molar-refractivity contribution in [2.24, 2.45) is 0 Å². The van der Waals surface area contributed by atoms with Crippen LogP contribution in [0.2, 0.25) is 0 Å². The van der Waals surface area contributed by atoms with Gasteiger partial charge in [0, 0.05) is 36.6 Å². The zero-order chi connectivity index (χ0) is 20.1. The molecule has 5 rings (SSSR count). The fourth-order valence-corrected chi connectivity index (χ4v) is 4.52. The largest absolute Gasteiger partial charge is 0.487 e. The van der Waals surface area contributed by atoms with Gasteiger partial charge in [0.1, 0.15) is 29.7 Å². The number of nitrogens with zero attached hydrogens (tertiary/aromatic N) is 2. The maximum absolute atomic E-state index is 14.5. The van der Waals surface area contributed by atoms with Gasteiger partial charge in [0.05, 0.1) is 11.4 Å². The molecule has 1 saturated carbocycles. The van der Waals surface area contributed by atoms with Gasteiger partial charge >= 0.3 is 0 Å². The van der Waals surface area contributed by atoms with Gasteiger partial charge in [-0.05, 0) is 30.7 Å². The second kappa shape index (κ2) is 6.98. The molecule has 0 radical (unpaired) electrons. The van der Waals surface area contributed by atoms with Crippen molar-refractivity contribution in [3.63, 3.8) is 0 Å². The van der Waals surface area contributed by atoms with Crippen molar-refractivity contribution in [3.05, 3.63) is 53.6 Å². The van der Waals surface area contributed by atoms with E-state index in [0.29, 0.717) is 24.4 Å². The van der Waals surface area contributed by atoms with Crippen LogP contribution in [0.1, 0.15) is 23.6 Å². The number of nitrogen functional groups attached to an aromatic ring is 1. The summed E-state index contributed by atoms with van der Waals surface area (Å²) in [6, 6.07) is 6.86. The second-order valence-electron chi connectivity index (χ2n) is 7.74.